The van der Waals surface area contributed by atoms with Crippen LogP contribution in [-0.2, 0) is 0 Å². The molecule has 24 heavy (non-hydrogen) atoms. The predicted octanol–water partition coefficient (Wildman–Crippen LogP) is 2.38. The number of piperidine rings is 1. The van der Waals surface area contributed by atoms with Gasteiger partial charge in [-0.25, -0.2) is 9.67 Å². The molecule has 1 aliphatic heterocycles. The zero-order valence-corrected chi connectivity index (χ0v) is 14.6. The van der Waals surface area contributed by atoms with Gasteiger partial charge in [0, 0.05) is 25.4 Å². The zero-order chi connectivity index (χ0) is 17.3. The Bertz CT molecular complexity index is 759. The van der Waals surface area contributed by atoms with Crippen LogP contribution in [-0.4, -0.2) is 50.4 Å². The van der Waals surface area contributed by atoms with Gasteiger partial charge in [-0.3, -0.25) is 4.79 Å². The number of aromatic nitrogens is 3. The van der Waals surface area contributed by atoms with Crippen LogP contribution in [0.2, 0.25) is 5.02 Å². The molecule has 0 saturated carbocycles. The molecule has 3 rings (SSSR count). The molecular weight excluding hydrogens is 328 g/mol. The topological polar surface area (TPSA) is 71.2 Å². The number of aryl methyl sites for hydroxylation is 2. The maximum atomic E-state index is 12.8. The highest BCUT2D eigenvalue weighted by Gasteiger charge is 2.26. The molecular formula is C17H21ClN4O2. The van der Waals surface area contributed by atoms with Gasteiger partial charge in [0.1, 0.15) is 5.69 Å². The monoisotopic (exact) mass is 348 g/mol. The van der Waals surface area contributed by atoms with Gasteiger partial charge in [-0.15, -0.1) is 0 Å². The van der Waals surface area contributed by atoms with Gasteiger partial charge in [0.05, 0.1) is 10.7 Å². The van der Waals surface area contributed by atoms with Crippen LogP contribution in [0.3, 0.4) is 0 Å². The van der Waals surface area contributed by atoms with Crippen molar-refractivity contribution in [3.8, 4) is 5.82 Å². The highest BCUT2D eigenvalue weighted by molar-refractivity contribution is 6.33. The van der Waals surface area contributed by atoms with Crippen molar-refractivity contribution in [2.75, 3.05) is 19.7 Å². The number of pyridine rings is 1. The number of amides is 1. The number of nitrogens with zero attached hydrogens (tertiary/aromatic N) is 4. The van der Waals surface area contributed by atoms with Gasteiger partial charge in [-0.2, -0.15) is 5.10 Å². The highest BCUT2D eigenvalue weighted by Crippen LogP contribution is 2.22. The smallest absolute Gasteiger partial charge is 0.274 e. The van der Waals surface area contributed by atoms with Crippen LogP contribution >= 0.6 is 11.6 Å². The van der Waals surface area contributed by atoms with Gasteiger partial charge in [0.25, 0.3) is 5.91 Å². The van der Waals surface area contributed by atoms with Crippen molar-refractivity contribution in [1.29, 1.82) is 0 Å². The van der Waals surface area contributed by atoms with Crippen LogP contribution in [0.5, 0.6) is 0 Å². The second kappa shape index (κ2) is 6.91. The van der Waals surface area contributed by atoms with Crippen molar-refractivity contribution in [2.45, 2.75) is 26.7 Å². The zero-order valence-electron chi connectivity index (χ0n) is 13.9. The summed E-state index contributed by atoms with van der Waals surface area (Å²) in [7, 11) is 0. The van der Waals surface area contributed by atoms with E-state index in [1.807, 2.05) is 19.9 Å². The molecule has 0 aliphatic carbocycles. The standard InChI is InChI=1S/C17H21ClN4O2/c1-11-8-12(2)22(20-11)15-6-5-14(18)16(19-15)17(24)21-7-3-4-13(9-21)10-23/h5-6,8,13,23H,3-4,7,9-10H2,1-2H3. The molecule has 7 heteroatoms. The van der Waals surface area contributed by atoms with Gasteiger partial charge in [0.2, 0.25) is 0 Å². The summed E-state index contributed by atoms with van der Waals surface area (Å²) in [6.45, 7) is 5.15. The summed E-state index contributed by atoms with van der Waals surface area (Å²) in [6, 6.07) is 5.39. The Kier molecular flexibility index (Phi) is 4.87. The maximum absolute atomic E-state index is 12.8. The molecule has 1 N–H and O–H groups in total. The lowest BCUT2D eigenvalue weighted by Gasteiger charge is -2.31. The average Bonchev–Trinajstić information content (AvgIpc) is 2.93. The van der Waals surface area contributed by atoms with Crippen molar-refractivity contribution in [3.63, 3.8) is 0 Å². The number of hydrogen-bond acceptors (Lipinski definition) is 4. The molecule has 0 bridgehead atoms. The number of halogens is 1. The van der Waals surface area contributed by atoms with E-state index in [4.69, 9.17) is 11.6 Å². The van der Waals surface area contributed by atoms with E-state index in [9.17, 15) is 9.90 Å². The van der Waals surface area contributed by atoms with Crippen molar-refractivity contribution < 1.29 is 9.90 Å². The molecule has 0 aromatic carbocycles. The van der Waals surface area contributed by atoms with E-state index in [1.165, 1.54) is 0 Å². The van der Waals surface area contributed by atoms with E-state index in [2.05, 4.69) is 10.1 Å². The molecule has 128 valence electrons. The van der Waals surface area contributed by atoms with Crippen LogP contribution in [0.25, 0.3) is 5.82 Å². The molecule has 6 nitrogen and oxygen atoms in total. The fourth-order valence-electron chi connectivity index (χ4n) is 3.11. The lowest BCUT2D eigenvalue weighted by Crippen LogP contribution is -2.41. The average molecular weight is 349 g/mol. The van der Waals surface area contributed by atoms with E-state index in [0.717, 1.165) is 24.2 Å². The Morgan fingerprint density at radius 3 is 2.88 bits per heavy atom. The quantitative estimate of drug-likeness (QED) is 0.924. The number of rotatable bonds is 3. The first-order chi connectivity index (χ1) is 11.5. The summed E-state index contributed by atoms with van der Waals surface area (Å²) >= 11 is 6.22. The third-order valence-electron chi connectivity index (χ3n) is 4.32. The molecule has 2 aromatic heterocycles. The highest BCUT2D eigenvalue weighted by atomic mass is 35.5. The summed E-state index contributed by atoms with van der Waals surface area (Å²) < 4.78 is 1.70. The number of aliphatic hydroxyl groups excluding tert-OH is 1. The van der Waals surface area contributed by atoms with Gasteiger partial charge in [-0.1, -0.05) is 11.6 Å². The summed E-state index contributed by atoms with van der Waals surface area (Å²) in [4.78, 5) is 19.0. The molecule has 0 radical (unpaired) electrons. The molecule has 1 unspecified atom stereocenters. The van der Waals surface area contributed by atoms with Gasteiger partial charge >= 0.3 is 0 Å². The lowest BCUT2D eigenvalue weighted by atomic mass is 9.99. The van der Waals surface area contributed by atoms with Crippen LogP contribution in [0.15, 0.2) is 18.2 Å². The largest absolute Gasteiger partial charge is 0.396 e. The molecule has 0 spiro atoms. The molecule has 3 heterocycles. The second-order valence-electron chi connectivity index (χ2n) is 6.28. The van der Waals surface area contributed by atoms with Gasteiger partial charge in [-0.05, 0) is 50.8 Å². The number of carbonyl (C=O) groups excluding carboxylic acids is 1. The Morgan fingerprint density at radius 1 is 1.42 bits per heavy atom. The van der Waals surface area contributed by atoms with Gasteiger partial charge in [0.15, 0.2) is 5.82 Å². The summed E-state index contributed by atoms with van der Waals surface area (Å²) in [5.41, 5.74) is 2.07. The summed E-state index contributed by atoms with van der Waals surface area (Å²) in [5, 5.41) is 14.1. The third-order valence-corrected chi connectivity index (χ3v) is 4.63. The third kappa shape index (κ3) is 3.30. The number of hydrogen-bond donors (Lipinski definition) is 1. The number of aliphatic hydroxyl groups is 1. The number of carbonyl (C=O) groups is 1. The molecule has 1 amide bonds. The summed E-state index contributed by atoms with van der Waals surface area (Å²) in [6.07, 6.45) is 1.82. The fourth-order valence-corrected chi connectivity index (χ4v) is 3.30. The lowest BCUT2D eigenvalue weighted by molar-refractivity contribution is 0.0615. The fraction of sp³-hybridized carbons (Fsp3) is 0.471. The van der Waals surface area contributed by atoms with Crippen molar-refractivity contribution in [1.82, 2.24) is 19.7 Å². The SMILES string of the molecule is Cc1cc(C)n(-c2ccc(Cl)c(C(=O)N3CCCC(CO)C3)n2)n1. The van der Waals surface area contributed by atoms with Crippen molar-refractivity contribution in [3.05, 3.63) is 40.3 Å². The van der Waals surface area contributed by atoms with E-state index < -0.39 is 0 Å². The van der Waals surface area contributed by atoms with Gasteiger partial charge < -0.3 is 10.0 Å². The Hall–Kier alpha value is -1.92. The van der Waals surface area contributed by atoms with Crippen LogP contribution in [0, 0.1) is 19.8 Å². The minimum absolute atomic E-state index is 0.0940. The molecule has 2 aromatic rings. The Morgan fingerprint density at radius 2 is 2.21 bits per heavy atom. The summed E-state index contributed by atoms with van der Waals surface area (Å²) in [5.74, 6) is 0.506. The normalized spacial score (nSPS) is 18.0. The predicted molar refractivity (Wildman–Crippen MR) is 91.6 cm³/mol. The maximum Gasteiger partial charge on any atom is 0.274 e. The minimum Gasteiger partial charge on any atom is -0.396 e. The van der Waals surface area contributed by atoms with Crippen LogP contribution in [0.4, 0.5) is 0 Å². The minimum atomic E-state index is -0.193. The van der Waals surface area contributed by atoms with E-state index in [-0.39, 0.29) is 24.1 Å². The second-order valence-corrected chi connectivity index (χ2v) is 6.69. The molecule has 1 aliphatic rings. The Labute approximate surface area is 146 Å². The van der Waals surface area contributed by atoms with Crippen molar-refractivity contribution in [2.24, 2.45) is 5.92 Å². The first kappa shape index (κ1) is 16.9. The van der Waals surface area contributed by atoms with Crippen LogP contribution < -0.4 is 0 Å². The van der Waals surface area contributed by atoms with E-state index in [0.29, 0.717) is 23.9 Å². The molecule has 1 saturated heterocycles. The van der Waals surface area contributed by atoms with Crippen molar-refractivity contribution >= 4 is 17.5 Å². The molecule has 1 fully saturated rings. The van der Waals surface area contributed by atoms with E-state index in [1.54, 1.807) is 21.7 Å². The Balaban J connectivity index is 1.91. The first-order valence-corrected chi connectivity index (χ1v) is 8.47. The number of likely N-dealkylation sites (tertiary alicyclic amines) is 1. The first-order valence-electron chi connectivity index (χ1n) is 8.10. The van der Waals surface area contributed by atoms with Crippen LogP contribution in [0.1, 0.15) is 34.7 Å². The van der Waals surface area contributed by atoms with E-state index >= 15 is 0 Å². The molecule has 1 atom stereocenters.